The number of piperidine rings is 1. The van der Waals surface area contributed by atoms with E-state index in [0.29, 0.717) is 0 Å². The topological polar surface area (TPSA) is 32.7 Å². The molecule has 0 aromatic carbocycles. The second kappa shape index (κ2) is 3.55. The first-order chi connectivity index (χ1) is 6.29. The maximum absolute atomic E-state index is 9.76. The molecule has 0 saturated carbocycles. The molecule has 82 valence electrons. The summed E-state index contributed by atoms with van der Waals surface area (Å²) in [4.78, 5) is 5.45. The molecule has 1 rings (SSSR count). The molecule has 1 N–H and O–H groups in total. The molecule has 0 aromatic rings. The molecule has 14 heavy (non-hydrogen) atoms. The van der Waals surface area contributed by atoms with E-state index in [4.69, 9.17) is 4.84 Å². The zero-order valence-electron chi connectivity index (χ0n) is 9.58. The maximum Gasteiger partial charge on any atom is 0.104 e. The molecular weight excluding hydrogens is 178 g/mol. The van der Waals surface area contributed by atoms with Crippen molar-refractivity contribution < 1.29 is 9.94 Å². The minimum Gasteiger partial charge on any atom is -0.413 e. The third kappa shape index (κ3) is 2.10. The first-order valence-electron chi connectivity index (χ1n) is 5.06. The molecule has 3 heteroatoms. The average molecular weight is 199 g/mol. The highest BCUT2D eigenvalue weighted by Gasteiger charge is 2.46. The van der Waals surface area contributed by atoms with Crippen LogP contribution < -0.4 is 0 Å². The van der Waals surface area contributed by atoms with Crippen molar-refractivity contribution >= 4 is 0 Å². The van der Waals surface area contributed by atoms with Crippen molar-refractivity contribution in [1.82, 2.24) is 5.06 Å². The summed E-state index contributed by atoms with van der Waals surface area (Å²) in [7, 11) is 0. The first-order valence-corrected chi connectivity index (χ1v) is 5.06. The molecule has 3 nitrogen and oxygen atoms in total. The fourth-order valence-electron chi connectivity index (χ4n) is 2.57. The van der Waals surface area contributed by atoms with Gasteiger partial charge in [-0.3, -0.25) is 0 Å². The van der Waals surface area contributed by atoms with Gasteiger partial charge in [0.25, 0.3) is 0 Å². The number of rotatable bonds is 2. The lowest BCUT2D eigenvalue weighted by molar-refractivity contribution is -0.260. The second-order valence-electron chi connectivity index (χ2n) is 5.25. The van der Waals surface area contributed by atoms with E-state index >= 15 is 0 Å². The van der Waals surface area contributed by atoms with Crippen LogP contribution in [0.2, 0.25) is 0 Å². The van der Waals surface area contributed by atoms with Crippen LogP contribution in [-0.2, 0) is 4.84 Å². The van der Waals surface area contributed by atoms with E-state index in [9.17, 15) is 5.11 Å². The molecule has 0 bridgehead atoms. The second-order valence-corrected chi connectivity index (χ2v) is 5.25. The lowest BCUT2D eigenvalue weighted by Crippen LogP contribution is -2.60. The van der Waals surface area contributed by atoms with E-state index in [-0.39, 0.29) is 17.2 Å². The summed E-state index contributed by atoms with van der Waals surface area (Å²) < 4.78 is 0. The van der Waals surface area contributed by atoms with Crippen LogP contribution in [-0.4, -0.2) is 27.4 Å². The third-order valence-electron chi connectivity index (χ3n) is 2.75. The number of nitrogens with zero attached hydrogens (tertiary/aromatic N) is 1. The number of hydrogen-bond donors (Lipinski definition) is 1. The zero-order valence-corrected chi connectivity index (χ0v) is 9.58. The Hall–Kier alpha value is -0.540. The van der Waals surface area contributed by atoms with Gasteiger partial charge < -0.3 is 9.94 Å². The number of aliphatic hydroxyl groups excluding tert-OH is 1. The average Bonchev–Trinajstić information content (AvgIpc) is 1.94. The van der Waals surface area contributed by atoms with Gasteiger partial charge in [0.15, 0.2) is 0 Å². The summed E-state index contributed by atoms with van der Waals surface area (Å²) in [6, 6.07) is 0. The minimum absolute atomic E-state index is 0.157. The van der Waals surface area contributed by atoms with Crippen LogP contribution in [0.15, 0.2) is 12.8 Å². The molecule has 1 heterocycles. The van der Waals surface area contributed by atoms with Crippen LogP contribution in [0.3, 0.4) is 0 Å². The fraction of sp³-hybridized carbons (Fsp3) is 0.818. The van der Waals surface area contributed by atoms with Crippen molar-refractivity contribution in [3.8, 4) is 0 Å². The number of hydroxylamine groups is 2. The Morgan fingerprint density at radius 2 is 1.71 bits per heavy atom. The van der Waals surface area contributed by atoms with Crippen LogP contribution in [0.1, 0.15) is 40.5 Å². The molecule has 0 unspecified atom stereocenters. The van der Waals surface area contributed by atoms with Gasteiger partial charge in [-0.25, -0.2) is 0 Å². The van der Waals surface area contributed by atoms with Gasteiger partial charge in [-0.2, -0.15) is 0 Å². The highest BCUT2D eigenvalue weighted by atomic mass is 16.7. The highest BCUT2D eigenvalue weighted by molar-refractivity contribution is 4.96. The number of aliphatic hydroxyl groups is 1. The fourth-order valence-corrected chi connectivity index (χ4v) is 2.57. The third-order valence-corrected chi connectivity index (χ3v) is 2.75. The van der Waals surface area contributed by atoms with Crippen molar-refractivity contribution in [1.29, 1.82) is 0 Å². The van der Waals surface area contributed by atoms with Gasteiger partial charge in [0.05, 0.1) is 17.2 Å². The van der Waals surface area contributed by atoms with Gasteiger partial charge in [0.1, 0.15) is 6.26 Å². The Bertz CT molecular complexity index is 205. The highest BCUT2D eigenvalue weighted by Crippen LogP contribution is 2.38. The summed E-state index contributed by atoms with van der Waals surface area (Å²) in [5.41, 5.74) is -0.315. The Morgan fingerprint density at radius 1 is 1.29 bits per heavy atom. The Kier molecular flexibility index (Phi) is 2.93. The Balaban J connectivity index is 2.90. The molecular formula is C11H21NO2. The van der Waals surface area contributed by atoms with E-state index in [1.807, 2.05) is 5.06 Å². The minimum atomic E-state index is -0.246. The summed E-state index contributed by atoms with van der Waals surface area (Å²) >= 11 is 0. The van der Waals surface area contributed by atoms with Crippen molar-refractivity contribution in [2.24, 2.45) is 0 Å². The predicted octanol–water partition coefficient (Wildman–Crippen LogP) is 2.08. The van der Waals surface area contributed by atoms with Gasteiger partial charge in [-0.05, 0) is 40.5 Å². The van der Waals surface area contributed by atoms with Gasteiger partial charge in [0.2, 0.25) is 0 Å². The van der Waals surface area contributed by atoms with E-state index in [0.717, 1.165) is 12.8 Å². The van der Waals surface area contributed by atoms with E-state index in [1.165, 1.54) is 6.26 Å². The normalized spacial score (nSPS) is 27.2. The molecule has 1 aliphatic heterocycles. The van der Waals surface area contributed by atoms with Crippen LogP contribution in [0.25, 0.3) is 0 Å². The maximum atomic E-state index is 9.76. The molecule has 1 saturated heterocycles. The van der Waals surface area contributed by atoms with Crippen molar-refractivity contribution in [3.63, 3.8) is 0 Å². The summed E-state index contributed by atoms with van der Waals surface area (Å²) in [6.07, 6.45) is 2.65. The van der Waals surface area contributed by atoms with Crippen LogP contribution in [0, 0.1) is 0 Å². The molecule has 1 fully saturated rings. The Morgan fingerprint density at radius 3 is 2.07 bits per heavy atom. The lowest BCUT2D eigenvalue weighted by Gasteiger charge is -2.51. The molecule has 1 aliphatic rings. The van der Waals surface area contributed by atoms with Crippen molar-refractivity contribution in [2.45, 2.75) is 57.7 Å². The summed E-state index contributed by atoms with van der Waals surface area (Å²) in [6.45, 7) is 11.9. The van der Waals surface area contributed by atoms with Gasteiger partial charge >= 0.3 is 0 Å². The van der Waals surface area contributed by atoms with Crippen LogP contribution in [0.4, 0.5) is 0 Å². The predicted molar refractivity (Wildman–Crippen MR) is 56.5 cm³/mol. The van der Waals surface area contributed by atoms with Crippen LogP contribution >= 0.6 is 0 Å². The SMILES string of the molecule is C=CON1C(C)(C)CC(O)CC1(C)C. The van der Waals surface area contributed by atoms with Gasteiger partial charge in [-0.1, -0.05) is 6.58 Å². The van der Waals surface area contributed by atoms with E-state index < -0.39 is 0 Å². The smallest absolute Gasteiger partial charge is 0.104 e. The van der Waals surface area contributed by atoms with Crippen molar-refractivity contribution in [3.05, 3.63) is 12.8 Å². The molecule has 0 aliphatic carbocycles. The summed E-state index contributed by atoms with van der Waals surface area (Å²) in [5.74, 6) is 0. The number of hydrogen-bond acceptors (Lipinski definition) is 3. The van der Waals surface area contributed by atoms with Crippen molar-refractivity contribution in [2.75, 3.05) is 0 Å². The summed E-state index contributed by atoms with van der Waals surface area (Å²) in [5, 5.41) is 11.7. The molecule has 0 radical (unpaired) electrons. The Labute approximate surface area is 86.3 Å². The largest absolute Gasteiger partial charge is 0.413 e. The van der Waals surface area contributed by atoms with E-state index in [1.54, 1.807) is 0 Å². The van der Waals surface area contributed by atoms with Crippen LogP contribution in [0.5, 0.6) is 0 Å². The van der Waals surface area contributed by atoms with Gasteiger partial charge in [0, 0.05) is 0 Å². The molecule has 0 atom stereocenters. The lowest BCUT2D eigenvalue weighted by atomic mass is 9.80. The quantitative estimate of drug-likeness (QED) is 0.691. The molecule has 0 amide bonds. The molecule has 0 spiro atoms. The monoisotopic (exact) mass is 199 g/mol. The first kappa shape index (κ1) is 11.5. The standard InChI is InChI=1S/C11H21NO2/c1-6-14-12-10(2,3)7-9(13)8-11(12,4)5/h6,9,13H,1,7-8H2,2-5H3. The zero-order chi connectivity index (χ0) is 11.0. The van der Waals surface area contributed by atoms with Gasteiger partial charge in [-0.15, -0.1) is 5.06 Å². The van der Waals surface area contributed by atoms with E-state index in [2.05, 4.69) is 34.3 Å². The molecule has 0 aromatic heterocycles.